The van der Waals surface area contributed by atoms with Crippen molar-refractivity contribution in [2.45, 2.75) is 26.4 Å². The zero-order valence-corrected chi connectivity index (χ0v) is 12.1. The van der Waals surface area contributed by atoms with Gasteiger partial charge in [0.15, 0.2) is 0 Å². The number of aliphatic hydroxyl groups is 1. The highest BCUT2D eigenvalue weighted by Gasteiger charge is 2.37. The van der Waals surface area contributed by atoms with Gasteiger partial charge in [-0.05, 0) is 37.1 Å². The first-order valence-corrected chi connectivity index (χ1v) is 6.99. The molecule has 1 unspecified atom stereocenters. The Labute approximate surface area is 120 Å². The zero-order chi connectivity index (χ0) is 14.3. The molecule has 2 aliphatic heterocycles. The van der Waals surface area contributed by atoms with Crippen molar-refractivity contribution in [2.24, 2.45) is 5.92 Å². The molecule has 1 aromatic rings. The molecule has 1 N–H and O–H groups in total. The van der Waals surface area contributed by atoms with Crippen LogP contribution in [0.15, 0.2) is 54.5 Å². The molecule has 1 atom stereocenters. The van der Waals surface area contributed by atoms with E-state index in [2.05, 4.69) is 23.2 Å². The number of hydrazine groups is 1. The molecule has 0 bridgehead atoms. The first-order chi connectivity index (χ1) is 9.51. The molecule has 0 amide bonds. The van der Waals surface area contributed by atoms with E-state index < -0.39 is 5.60 Å². The van der Waals surface area contributed by atoms with Gasteiger partial charge in [-0.25, -0.2) is 0 Å². The number of fused-ring (bicyclic) bond motifs is 3. The van der Waals surface area contributed by atoms with E-state index in [1.54, 1.807) is 0 Å². The van der Waals surface area contributed by atoms with Gasteiger partial charge in [-0.2, -0.15) is 0 Å². The summed E-state index contributed by atoms with van der Waals surface area (Å²) in [5.41, 5.74) is 2.25. The number of hydrogen-bond acceptors (Lipinski definition) is 3. The number of allylic oxidation sites excluding steroid dienone is 2. The smallest absolute Gasteiger partial charge is 0.106 e. The first-order valence-electron chi connectivity index (χ1n) is 6.99. The molecule has 3 nitrogen and oxygen atoms in total. The van der Waals surface area contributed by atoms with Gasteiger partial charge in [0.25, 0.3) is 0 Å². The van der Waals surface area contributed by atoms with Crippen molar-refractivity contribution >= 4 is 11.8 Å². The average molecular weight is 268 g/mol. The van der Waals surface area contributed by atoms with E-state index in [4.69, 9.17) is 0 Å². The Morgan fingerprint density at radius 2 is 1.70 bits per heavy atom. The maximum atomic E-state index is 10.9. The Morgan fingerprint density at radius 3 is 2.40 bits per heavy atom. The van der Waals surface area contributed by atoms with E-state index in [9.17, 15) is 5.11 Å². The molecule has 0 spiro atoms. The second kappa shape index (κ2) is 4.53. The van der Waals surface area contributed by atoms with Crippen molar-refractivity contribution in [3.05, 3.63) is 60.1 Å². The molecule has 0 fully saturated rings. The lowest BCUT2D eigenvalue weighted by Crippen LogP contribution is -2.48. The second-order valence-electron chi connectivity index (χ2n) is 5.76. The zero-order valence-electron chi connectivity index (χ0n) is 12.1. The van der Waals surface area contributed by atoms with E-state index in [-0.39, 0.29) is 5.92 Å². The molecule has 0 aromatic heterocycles. The summed E-state index contributed by atoms with van der Waals surface area (Å²) in [6.07, 6.45) is 10.1. The van der Waals surface area contributed by atoms with Crippen LogP contribution in [0.5, 0.6) is 0 Å². The standard InChI is InChI=1S/C17H20N2O/c1-13(2)17(3,20)16-12-14-8-4-5-9-15(14)18-10-6-7-11-19(16)18/h4-13,20H,1-3H3. The quantitative estimate of drug-likeness (QED) is 0.889. The van der Waals surface area contributed by atoms with Crippen LogP contribution >= 0.6 is 0 Å². The van der Waals surface area contributed by atoms with Crippen molar-refractivity contribution in [3.63, 3.8) is 0 Å². The molecular weight excluding hydrogens is 248 g/mol. The molecule has 0 saturated heterocycles. The van der Waals surface area contributed by atoms with Crippen LogP contribution in [0.4, 0.5) is 5.69 Å². The molecule has 2 heterocycles. The van der Waals surface area contributed by atoms with Crippen LogP contribution in [-0.2, 0) is 0 Å². The Morgan fingerprint density at radius 1 is 1.05 bits per heavy atom. The number of rotatable bonds is 2. The highest BCUT2D eigenvalue weighted by molar-refractivity contribution is 5.74. The number of nitrogens with zero attached hydrogens (tertiary/aromatic N) is 2. The fraction of sp³-hybridized carbons (Fsp3) is 0.294. The first kappa shape index (κ1) is 13.0. The minimum atomic E-state index is -0.888. The number of anilines is 1. The normalized spacial score (nSPS) is 19.6. The molecule has 0 radical (unpaired) electrons. The monoisotopic (exact) mass is 268 g/mol. The Bertz CT molecular complexity index is 611. The summed E-state index contributed by atoms with van der Waals surface area (Å²) in [6.45, 7) is 5.95. The molecule has 0 saturated carbocycles. The predicted octanol–water partition coefficient (Wildman–Crippen LogP) is 3.51. The van der Waals surface area contributed by atoms with Crippen molar-refractivity contribution in [3.8, 4) is 0 Å². The van der Waals surface area contributed by atoms with Crippen LogP contribution in [0.3, 0.4) is 0 Å². The highest BCUT2D eigenvalue weighted by atomic mass is 16.3. The number of benzene rings is 1. The predicted molar refractivity (Wildman–Crippen MR) is 82.5 cm³/mol. The van der Waals surface area contributed by atoms with Crippen LogP contribution in [0.1, 0.15) is 26.3 Å². The molecule has 3 rings (SSSR count). The van der Waals surface area contributed by atoms with Gasteiger partial charge in [0.2, 0.25) is 0 Å². The highest BCUT2D eigenvalue weighted by Crippen LogP contribution is 2.39. The largest absolute Gasteiger partial charge is 0.384 e. The summed E-state index contributed by atoms with van der Waals surface area (Å²) in [7, 11) is 0. The van der Waals surface area contributed by atoms with Crippen molar-refractivity contribution in [1.29, 1.82) is 0 Å². The van der Waals surface area contributed by atoms with Crippen molar-refractivity contribution < 1.29 is 5.11 Å². The third-order valence-corrected chi connectivity index (χ3v) is 4.16. The lowest BCUT2D eigenvalue weighted by atomic mass is 9.86. The molecular formula is C17H20N2O. The molecule has 2 aliphatic rings. The summed E-state index contributed by atoms with van der Waals surface area (Å²) in [4.78, 5) is 0. The van der Waals surface area contributed by atoms with Gasteiger partial charge in [-0.3, -0.25) is 10.0 Å². The minimum absolute atomic E-state index is 0.125. The van der Waals surface area contributed by atoms with Gasteiger partial charge < -0.3 is 5.11 Å². The van der Waals surface area contributed by atoms with E-state index in [0.717, 1.165) is 16.9 Å². The van der Waals surface area contributed by atoms with Crippen LogP contribution in [-0.4, -0.2) is 15.7 Å². The average Bonchev–Trinajstić information content (AvgIpc) is 2.46. The van der Waals surface area contributed by atoms with Gasteiger partial charge in [0, 0.05) is 18.0 Å². The van der Waals surface area contributed by atoms with Crippen LogP contribution < -0.4 is 5.01 Å². The van der Waals surface area contributed by atoms with Gasteiger partial charge in [0.05, 0.1) is 11.4 Å². The summed E-state index contributed by atoms with van der Waals surface area (Å²) in [5, 5.41) is 15.0. The van der Waals surface area contributed by atoms with Gasteiger partial charge >= 0.3 is 0 Å². The minimum Gasteiger partial charge on any atom is -0.384 e. The lowest BCUT2D eigenvalue weighted by molar-refractivity contribution is 0.0289. The Kier molecular flexibility index (Phi) is 2.94. The maximum absolute atomic E-state index is 10.9. The lowest BCUT2D eigenvalue weighted by Gasteiger charge is -2.45. The van der Waals surface area contributed by atoms with Crippen LogP contribution in [0.25, 0.3) is 6.08 Å². The Balaban J connectivity index is 2.17. The fourth-order valence-corrected chi connectivity index (χ4v) is 2.50. The van der Waals surface area contributed by atoms with Gasteiger partial charge in [0.1, 0.15) is 5.60 Å². The topological polar surface area (TPSA) is 26.7 Å². The van der Waals surface area contributed by atoms with E-state index in [1.807, 2.05) is 62.5 Å². The number of hydrogen-bond donors (Lipinski definition) is 1. The summed E-state index contributed by atoms with van der Waals surface area (Å²) in [6, 6.07) is 8.22. The molecule has 1 aromatic carbocycles. The van der Waals surface area contributed by atoms with Crippen LogP contribution in [0.2, 0.25) is 0 Å². The van der Waals surface area contributed by atoms with Gasteiger partial charge in [-0.15, -0.1) is 0 Å². The Hall–Kier alpha value is -2.00. The summed E-state index contributed by atoms with van der Waals surface area (Å²) < 4.78 is 0. The van der Waals surface area contributed by atoms with Crippen molar-refractivity contribution in [1.82, 2.24) is 5.01 Å². The third kappa shape index (κ3) is 1.86. The molecule has 20 heavy (non-hydrogen) atoms. The molecule has 3 heteroatoms. The van der Waals surface area contributed by atoms with Gasteiger partial charge in [-0.1, -0.05) is 32.0 Å². The van der Waals surface area contributed by atoms with Crippen LogP contribution in [0, 0.1) is 5.92 Å². The maximum Gasteiger partial charge on any atom is 0.106 e. The summed E-state index contributed by atoms with van der Waals surface area (Å²) >= 11 is 0. The molecule has 104 valence electrons. The SMILES string of the molecule is CC(C)C(C)(O)C1=Cc2ccccc2N2C=CC=CN12. The summed E-state index contributed by atoms with van der Waals surface area (Å²) in [5.74, 6) is 0.125. The van der Waals surface area contributed by atoms with Crippen molar-refractivity contribution in [2.75, 3.05) is 5.01 Å². The fourth-order valence-electron chi connectivity index (χ4n) is 2.50. The van der Waals surface area contributed by atoms with E-state index in [0.29, 0.717) is 0 Å². The molecule has 0 aliphatic carbocycles. The third-order valence-electron chi connectivity index (χ3n) is 4.16. The van der Waals surface area contributed by atoms with E-state index in [1.165, 1.54) is 0 Å². The number of para-hydroxylation sites is 1. The second-order valence-corrected chi connectivity index (χ2v) is 5.76. The van der Waals surface area contributed by atoms with E-state index >= 15 is 0 Å².